The number of carbonyl (C=O) groups excluding carboxylic acids is 2. The summed E-state index contributed by atoms with van der Waals surface area (Å²) in [6.45, 7) is 0.200. The van der Waals surface area contributed by atoms with Gasteiger partial charge in [-0.2, -0.15) is 0 Å². The number of aromatic hydroxyl groups is 1. The Balaban J connectivity index is 2.12. The smallest absolute Gasteiger partial charge is 0.341 e. The maximum atomic E-state index is 12.1. The first-order valence-electron chi connectivity index (χ1n) is 6.98. The Morgan fingerprint density at radius 1 is 1.17 bits per heavy atom. The number of halogens is 1. The van der Waals surface area contributed by atoms with Gasteiger partial charge in [0, 0.05) is 12.1 Å². The van der Waals surface area contributed by atoms with E-state index in [-0.39, 0.29) is 28.8 Å². The highest BCUT2D eigenvalue weighted by Gasteiger charge is 2.14. The molecule has 126 valence electrons. The monoisotopic (exact) mass is 349 g/mol. The van der Waals surface area contributed by atoms with Crippen molar-refractivity contribution < 1.29 is 24.2 Å². The van der Waals surface area contributed by atoms with E-state index in [1.165, 1.54) is 32.4 Å². The molecule has 2 aromatic rings. The Morgan fingerprint density at radius 2 is 1.92 bits per heavy atom. The minimum Gasteiger partial charge on any atom is -0.506 e. The van der Waals surface area contributed by atoms with Crippen molar-refractivity contribution in [3.05, 3.63) is 58.1 Å². The van der Waals surface area contributed by atoms with Crippen molar-refractivity contribution in [2.45, 2.75) is 6.54 Å². The Hall–Kier alpha value is -2.73. The van der Waals surface area contributed by atoms with Crippen LogP contribution in [0, 0.1) is 0 Å². The fourth-order valence-electron chi connectivity index (χ4n) is 2.07. The summed E-state index contributed by atoms with van der Waals surface area (Å²) in [7, 11) is 2.74. The molecule has 0 atom stereocenters. The number of methoxy groups -OCH3 is 2. The standard InChI is InChI=1S/C17H16ClNO5/c1-23-15-6-3-10(7-12(15)17(22)24-2)9-19-16(21)11-4-5-14(20)13(18)8-11/h3-8,20H,9H2,1-2H3,(H,19,21). The first kappa shape index (κ1) is 17.6. The number of carbonyl (C=O) groups is 2. The quantitative estimate of drug-likeness (QED) is 0.811. The lowest BCUT2D eigenvalue weighted by Gasteiger charge is -2.10. The molecule has 0 bridgehead atoms. The molecule has 0 saturated carbocycles. The third kappa shape index (κ3) is 3.97. The van der Waals surface area contributed by atoms with Crippen LogP contribution in [0.4, 0.5) is 0 Å². The second-order valence-corrected chi connectivity index (χ2v) is 5.28. The van der Waals surface area contributed by atoms with Gasteiger partial charge in [0.25, 0.3) is 5.91 Å². The number of amides is 1. The van der Waals surface area contributed by atoms with Crippen LogP contribution in [0.15, 0.2) is 36.4 Å². The van der Waals surface area contributed by atoms with Crippen LogP contribution in [-0.2, 0) is 11.3 Å². The highest BCUT2D eigenvalue weighted by atomic mass is 35.5. The molecule has 0 saturated heterocycles. The highest BCUT2D eigenvalue weighted by Crippen LogP contribution is 2.24. The van der Waals surface area contributed by atoms with Crippen LogP contribution in [0.25, 0.3) is 0 Å². The second kappa shape index (κ2) is 7.70. The Kier molecular flexibility index (Phi) is 5.65. The van der Waals surface area contributed by atoms with Gasteiger partial charge in [0.15, 0.2) is 0 Å². The first-order chi connectivity index (χ1) is 11.5. The van der Waals surface area contributed by atoms with Crippen molar-refractivity contribution in [3.8, 4) is 11.5 Å². The van der Waals surface area contributed by atoms with Gasteiger partial charge < -0.3 is 19.9 Å². The molecule has 0 spiro atoms. The number of hydrogen-bond acceptors (Lipinski definition) is 5. The molecule has 2 aromatic carbocycles. The van der Waals surface area contributed by atoms with Crippen LogP contribution in [0.2, 0.25) is 5.02 Å². The van der Waals surface area contributed by atoms with Gasteiger partial charge in [-0.15, -0.1) is 0 Å². The average molecular weight is 350 g/mol. The highest BCUT2D eigenvalue weighted by molar-refractivity contribution is 6.32. The zero-order chi connectivity index (χ0) is 17.7. The van der Waals surface area contributed by atoms with Gasteiger partial charge in [-0.25, -0.2) is 4.79 Å². The van der Waals surface area contributed by atoms with Gasteiger partial charge >= 0.3 is 5.97 Å². The van der Waals surface area contributed by atoms with Crippen molar-refractivity contribution in [2.75, 3.05) is 14.2 Å². The van der Waals surface area contributed by atoms with E-state index in [1.807, 2.05) is 0 Å². The molecule has 24 heavy (non-hydrogen) atoms. The molecule has 0 radical (unpaired) electrons. The van der Waals surface area contributed by atoms with E-state index in [0.29, 0.717) is 16.9 Å². The molecule has 0 unspecified atom stereocenters. The van der Waals surface area contributed by atoms with E-state index in [9.17, 15) is 14.7 Å². The third-order valence-corrected chi connectivity index (χ3v) is 3.63. The molecule has 0 heterocycles. The molecule has 7 heteroatoms. The lowest BCUT2D eigenvalue weighted by Crippen LogP contribution is -2.23. The molecule has 0 aliphatic rings. The minimum atomic E-state index is -0.523. The zero-order valence-electron chi connectivity index (χ0n) is 13.1. The van der Waals surface area contributed by atoms with Crippen LogP contribution < -0.4 is 10.1 Å². The van der Waals surface area contributed by atoms with Crippen molar-refractivity contribution in [1.82, 2.24) is 5.32 Å². The average Bonchev–Trinajstić information content (AvgIpc) is 2.60. The van der Waals surface area contributed by atoms with E-state index < -0.39 is 5.97 Å². The van der Waals surface area contributed by atoms with Gasteiger partial charge in [-0.05, 0) is 35.9 Å². The van der Waals surface area contributed by atoms with Crippen LogP contribution in [-0.4, -0.2) is 31.2 Å². The maximum absolute atomic E-state index is 12.1. The van der Waals surface area contributed by atoms with E-state index in [0.717, 1.165) is 0 Å². The molecule has 0 aromatic heterocycles. The van der Waals surface area contributed by atoms with Crippen LogP contribution in [0.5, 0.6) is 11.5 Å². The summed E-state index contributed by atoms with van der Waals surface area (Å²) in [5.41, 5.74) is 1.30. The summed E-state index contributed by atoms with van der Waals surface area (Å²) >= 11 is 5.78. The summed E-state index contributed by atoms with van der Waals surface area (Å²) in [5.74, 6) is -0.578. The number of hydrogen-bond donors (Lipinski definition) is 2. The van der Waals surface area contributed by atoms with E-state index >= 15 is 0 Å². The molecule has 2 N–H and O–H groups in total. The van der Waals surface area contributed by atoms with Crippen molar-refractivity contribution in [1.29, 1.82) is 0 Å². The summed E-state index contributed by atoms with van der Waals surface area (Å²) in [6.07, 6.45) is 0. The van der Waals surface area contributed by atoms with Gasteiger partial charge in [-0.3, -0.25) is 4.79 Å². The third-order valence-electron chi connectivity index (χ3n) is 3.33. The maximum Gasteiger partial charge on any atom is 0.341 e. The number of rotatable bonds is 5. The first-order valence-corrected chi connectivity index (χ1v) is 7.36. The number of esters is 1. The van der Waals surface area contributed by atoms with E-state index in [2.05, 4.69) is 5.32 Å². The number of ether oxygens (including phenoxy) is 2. The number of benzene rings is 2. The van der Waals surface area contributed by atoms with Crippen LogP contribution in [0.1, 0.15) is 26.3 Å². The lowest BCUT2D eigenvalue weighted by atomic mass is 10.1. The number of nitrogens with one attached hydrogen (secondary N) is 1. The predicted molar refractivity (Wildman–Crippen MR) is 88.6 cm³/mol. The molecular formula is C17H16ClNO5. The number of phenols is 1. The van der Waals surface area contributed by atoms with Crippen molar-refractivity contribution >= 4 is 23.5 Å². The Bertz CT molecular complexity index is 776. The van der Waals surface area contributed by atoms with Crippen molar-refractivity contribution in [3.63, 3.8) is 0 Å². The van der Waals surface area contributed by atoms with Crippen LogP contribution >= 0.6 is 11.6 Å². The normalized spacial score (nSPS) is 10.1. The van der Waals surface area contributed by atoms with Crippen LogP contribution in [0.3, 0.4) is 0 Å². The summed E-state index contributed by atoms with van der Waals surface area (Å²) in [6, 6.07) is 9.14. The molecule has 2 rings (SSSR count). The Morgan fingerprint density at radius 3 is 2.54 bits per heavy atom. The largest absolute Gasteiger partial charge is 0.506 e. The molecule has 0 aliphatic heterocycles. The molecule has 1 amide bonds. The van der Waals surface area contributed by atoms with Gasteiger partial charge in [0.05, 0.1) is 19.2 Å². The van der Waals surface area contributed by atoms with E-state index in [1.54, 1.807) is 18.2 Å². The topological polar surface area (TPSA) is 84.9 Å². The molecule has 0 fully saturated rings. The fraction of sp³-hybridized carbons (Fsp3) is 0.176. The minimum absolute atomic E-state index is 0.0916. The number of phenolic OH excluding ortho intramolecular Hbond substituents is 1. The summed E-state index contributed by atoms with van der Waals surface area (Å²) in [4.78, 5) is 23.9. The SMILES string of the molecule is COC(=O)c1cc(CNC(=O)c2ccc(O)c(Cl)c2)ccc1OC. The Labute approximate surface area is 144 Å². The molecule has 6 nitrogen and oxygen atoms in total. The fourth-order valence-corrected chi connectivity index (χ4v) is 2.25. The molecular weight excluding hydrogens is 334 g/mol. The van der Waals surface area contributed by atoms with Gasteiger partial charge in [0.1, 0.15) is 17.1 Å². The molecule has 0 aliphatic carbocycles. The van der Waals surface area contributed by atoms with E-state index in [4.69, 9.17) is 21.1 Å². The lowest BCUT2D eigenvalue weighted by molar-refractivity contribution is 0.0597. The van der Waals surface area contributed by atoms with Crippen molar-refractivity contribution in [2.24, 2.45) is 0 Å². The summed E-state index contributed by atoms with van der Waals surface area (Å²) < 4.78 is 9.82. The zero-order valence-corrected chi connectivity index (χ0v) is 13.9. The van der Waals surface area contributed by atoms with Gasteiger partial charge in [-0.1, -0.05) is 17.7 Å². The predicted octanol–water partition coefficient (Wildman–Crippen LogP) is 2.77. The summed E-state index contributed by atoms with van der Waals surface area (Å²) in [5, 5.41) is 12.2. The second-order valence-electron chi connectivity index (χ2n) is 4.88. The van der Waals surface area contributed by atoms with Gasteiger partial charge in [0.2, 0.25) is 0 Å².